The van der Waals surface area contributed by atoms with Gasteiger partial charge in [0.2, 0.25) is 0 Å². The fourth-order valence-corrected chi connectivity index (χ4v) is 4.11. The molecule has 2 unspecified atom stereocenters. The number of benzene rings is 1. The molecule has 1 heterocycles. The Labute approximate surface area is 106 Å². The first kappa shape index (κ1) is 13.3. The third-order valence-corrected chi connectivity index (χ3v) is 4.84. The summed E-state index contributed by atoms with van der Waals surface area (Å²) in [6.07, 6.45) is 0. The van der Waals surface area contributed by atoms with Gasteiger partial charge in [-0.2, -0.15) is 0 Å². The Kier molecular flexibility index (Phi) is 3.59. The van der Waals surface area contributed by atoms with Crippen LogP contribution in [0.2, 0.25) is 0 Å². The number of hydrogen-bond donors (Lipinski definition) is 1. The zero-order valence-electron chi connectivity index (χ0n) is 10.3. The monoisotopic (exact) mass is 273 g/mol. The molecular weight excluding hydrogens is 257 g/mol. The summed E-state index contributed by atoms with van der Waals surface area (Å²) in [5.74, 6) is -0.0949. The Balaban J connectivity index is 2.42. The summed E-state index contributed by atoms with van der Waals surface area (Å²) in [5.41, 5.74) is 0.287. The van der Waals surface area contributed by atoms with Crippen molar-refractivity contribution in [2.75, 3.05) is 18.6 Å². The number of rotatable bonds is 2. The fraction of sp³-hybridized carbons (Fsp3) is 0.500. The third kappa shape index (κ3) is 2.64. The normalized spacial score (nSPS) is 26.8. The van der Waals surface area contributed by atoms with Gasteiger partial charge in [0.15, 0.2) is 9.84 Å². The molecule has 0 saturated carbocycles. The maximum absolute atomic E-state index is 13.9. The second-order valence-corrected chi connectivity index (χ2v) is 6.71. The van der Waals surface area contributed by atoms with Crippen LogP contribution in [0, 0.1) is 5.82 Å². The first-order valence-corrected chi connectivity index (χ1v) is 7.54. The SMILES string of the molecule is COc1cccc(F)c1C1CS(=O)(=O)CC(C)N1. The molecule has 0 spiro atoms. The fourth-order valence-electron chi connectivity index (χ4n) is 2.34. The van der Waals surface area contributed by atoms with E-state index in [9.17, 15) is 12.8 Å². The lowest BCUT2D eigenvalue weighted by Gasteiger charge is -2.30. The van der Waals surface area contributed by atoms with Gasteiger partial charge in [0.05, 0.1) is 24.7 Å². The van der Waals surface area contributed by atoms with Crippen LogP contribution in [0.1, 0.15) is 18.5 Å². The Hall–Kier alpha value is -1.14. The van der Waals surface area contributed by atoms with Crippen molar-refractivity contribution in [3.8, 4) is 5.75 Å². The van der Waals surface area contributed by atoms with E-state index >= 15 is 0 Å². The third-order valence-electron chi connectivity index (χ3n) is 2.99. The molecule has 100 valence electrons. The maximum atomic E-state index is 13.9. The van der Waals surface area contributed by atoms with Crippen LogP contribution >= 0.6 is 0 Å². The Morgan fingerprint density at radius 2 is 2.11 bits per heavy atom. The molecule has 0 amide bonds. The standard InChI is InChI=1S/C12H16FNO3S/c1-8-6-18(15,16)7-10(14-8)12-9(13)4-3-5-11(12)17-2/h3-5,8,10,14H,6-7H2,1-2H3. The van der Waals surface area contributed by atoms with E-state index in [1.165, 1.54) is 13.2 Å². The van der Waals surface area contributed by atoms with Gasteiger partial charge in [0, 0.05) is 11.6 Å². The van der Waals surface area contributed by atoms with Crippen LogP contribution in [0.15, 0.2) is 18.2 Å². The summed E-state index contributed by atoms with van der Waals surface area (Å²) in [4.78, 5) is 0. The second-order valence-electron chi connectivity index (χ2n) is 4.55. The number of nitrogens with one attached hydrogen (secondary N) is 1. The van der Waals surface area contributed by atoms with Gasteiger partial charge >= 0.3 is 0 Å². The Morgan fingerprint density at radius 3 is 2.72 bits per heavy atom. The molecule has 1 aliphatic rings. The highest BCUT2D eigenvalue weighted by molar-refractivity contribution is 7.91. The highest BCUT2D eigenvalue weighted by Gasteiger charge is 2.32. The van der Waals surface area contributed by atoms with Crippen molar-refractivity contribution in [3.05, 3.63) is 29.6 Å². The van der Waals surface area contributed by atoms with Crippen molar-refractivity contribution < 1.29 is 17.5 Å². The van der Waals surface area contributed by atoms with E-state index in [-0.39, 0.29) is 23.1 Å². The molecule has 0 aromatic heterocycles. The van der Waals surface area contributed by atoms with E-state index in [0.29, 0.717) is 5.75 Å². The molecule has 0 radical (unpaired) electrons. The summed E-state index contributed by atoms with van der Waals surface area (Å²) >= 11 is 0. The van der Waals surface area contributed by atoms with Gasteiger partial charge in [-0.25, -0.2) is 12.8 Å². The van der Waals surface area contributed by atoms with Gasteiger partial charge in [0.25, 0.3) is 0 Å². The topological polar surface area (TPSA) is 55.4 Å². The van der Waals surface area contributed by atoms with Crippen LogP contribution in [-0.2, 0) is 9.84 Å². The van der Waals surface area contributed by atoms with Crippen LogP contribution < -0.4 is 10.1 Å². The summed E-state index contributed by atoms with van der Waals surface area (Å²) in [5, 5.41) is 3.10. The molecule has 6 heteroatoms. The minimum Gasteiger partial charge on any atom is -0.496 e. The summed E-state index contributed by atoms with van der Waals surface area (Å²) in [6.45, 7) is 1.77. The van der Waals surface area contributed by atoms with Gasteiger partial charge < -0.3 is 10.1 Å². The molecule has 1 fully saturated rings. The molecule has 1 aliphatic heterocycles. The largest absolute Gasteiger partial charge is 0.496 e. The minimum atomic E-state index is -3.16. The Morgan fingerprint density at radius 1 is 1.39 bits per heavy atom. The quantitative estimate of drug-likeness (QED) is 0.882. The van der Waals surface area contributed by atoms with E-state index in [1.807, 2.05) is 0 Å². The highest BCUT2D eigenvalue weighted by atomic mass is 32.2. The summed E-state index contributed by atoms with van der Waals surface area (Å²) in [7, 11) is -1.71. The number of ether oxygens (including phenoxy) is 1. The lowest BCUT2D eigenvalue weighted by Crippen LogP contribution is -2.45. The molecule has 0 aliphatic carbocycles. The summed E-state index contributed by atoms with van der Waals surface area (Å²) < 4.78 is 42.5. The van der Waals surface area contributed by atoms with Crippen LogP contribution in [0.25, 0.3) is 0 Å². The van der Waals surface area contributed by atoms with Crippen molar-refractivity contribution in [1.29, 1.82) is 0 Å². The van der Waals surface area contributed by atoms with Gasteiger partial charge in [-0.05, 0) is 19.1 Å². The lowest BCUT2D eigenvalue weighted by molar-refractivity contribution is 0.385. The highest BCUT2D eigenvalue weighted by Crippen LogP contribution is 2.31. The molecule has 1 saturated heterocycles. The maximum Gasteiger partial charge on any atom is 0.153 e. The van der Waals surface area contributed by atoms with Crippen LogP contribution in [0.3, 0.4) is 0 Å². The molecule has 4 nitrogen and oxygen atoms in total. The number of methoxy groups -OCH3 is 1. The number of sulfone groups is 1. The molecule has 1 N–H and O–H groups in total. The molecular formula is C12H16FNO3S. The van der Waals surface area contributed by atoms with E-state index in [1.54, 1.807) is 19.1 Å². The molecule has 1 aromatic rings. The van der Waals surface area contributed by atoms with Gasteiger partial charge in [-0.3, -0.25) is 0 Å². The first-order valence-electron chi connectivity index (χ1n) is 5.72. The van der Waals surface area contributed by atoms with Gasteiger partial charge in [-0.15, -0.1) is 0 Å². The van der Waals surface area contributed by atoms with E-state index in [0.717, 1.165) is 0 Å². The van der Waals surface area contributed by atoms with Crippen molar-refractivity contribution in [1.82, 2.24) is 5.32 Å². The molecule has 1 aromatic carbocycles. The first-order chi connectivity index (χ1) is 8.43. The second kappa shape index (κ2) is 4.85. The summed E-state index contributed by atoms with van der Waals surface area (Å²) in [6, 6.07) is 3.73. The van der Waals surface area contributed by atoms with Crippen LogP contribution in [0.4, 0.5) is 4.39 Å². The van der Waals surface area contributed by atoms with Crippen molar-refractivity contribution in [2.45, 2.75) is 19.0 Å². The zero-order chi connectivity index (χ0) is 13.3. The van der Waals surface area contributed by atoms with Crippen molar-refractivity contribution in [2.24, 2.45) is 0 Å². The number of hydrogen-bond acceptors (Lipinski definition) is 4. The predicted octanol–water partition coefficient (Wildman–Crippen LogP) is 1.28. The number of halogens is 1. The zero-order valence-corrected chi connectivity index (χ0v) is 11.1. The van der Waals surface area contributed by atoms with Gasteiger partial charge in [-0.1, -0.05) is 6.07 Å². The smallest absolute Gasteiger partial charge is 0.153 e. The molecule has 18 heavy (non-hydrogen) atoms. The van der Waals surface area contributed by atoms with E-state index < -0.39 is 21.7 Å². The minimum absolute atomic E-state index is 0.0836. The van der Waals surface area contributed by atoms with Crippen molar-refractivity contribution >= 4 is 9.84 Å². The van der Waals surface area contributed by atoms with E-state index in [2.05, 4.69) is 5.32 Å². The van der Waals surface area contributed by atoms with Crippen LogP contribution in [-0.4, -0.2) is 33.1 Å². The van der Waals surface area contributed by atoms with Crippen LogP contribution in [0.5, 0.6) is 5.75 Å². The van der Waals surface area contributed by atoms with E-state index in [4.69, 9.17) is 4.74 Å². The average molecular weight is 273 g/mol. The molecule has 2 atom stereocenters. The van der Waals surface area contributed by atoms with Gasteiger partial charge in [0.1, 0.15) is 11.6 Å². The Bertz CT molecular complexity index is 544. The predicted molar refractivity (Wildman–Crippen MR) is 66.9 cm³/mol. The lowest BCUT2D eigenvalue weighted by atomic mass is 10.1. The van der Waals surface area contributed by atoms with Crippen molar-refractivity contribution in [3.63, 3.8) is 0 Å². The molecule has 0 bridgehead atoms. The molecule has 2 rings (SSSR count). The average Bonchev–Trinajstić information content (AvgIpc) is 2.25.